The second kappa shape index (κ2) is 12.5. The van der Waals surface area contributed by atoms with Crippen LogP contribution in [0.25, 0.3) is 10.9 Å². The molecular weight excluding hydrogens is 568 g/mol. The first-order valence-electron chi connectivity index (χ1n) is 15.1. The number of fused-ring (bicyclic) bond motifs is 2. The van der Waals surface area contributed by atoms with Gasteiger partial charge < -0.3 is 23.7 Å². The third kappa shape index (κ3) is 5.41. The molecule has 0 spiro atoms. The second-order valence-corrected chi connectivity index (χ2v) is 11.2. The van der Waals surface area contributed by atoms with E-state index in [1.54, 1.807) is 26.0 Å². The van der Waals surface area contributed by atoms with Gasteiger partial charge in [0, 0.05) is 69.3 Å². The molecule has 45 heavy (non-hydrogen) atoms. The number of anilines is 1. The Hall–Kier alpha value is -5.11. The quantitative estimate of drug-likeness (QED) is 0.105. The SMILES string of the molecule is C=C(C)C(=O)OCCn1c(C)c(C2(c3ccc(N(CC)CC)cc3OC(=O)C(=C)C)OC(=O)c3ccccc32)c2ccccc21. The molecule has 1 aliphatic rings. The van der Waals surface area contributed by atoms with Gasteiger partial charge in [-0.15, -0.1) is 0 Å². The molecule has 1 unspecified atom stereocenters. The molecule has 0 amide bonds. The Morgan fingerprint density at radius 1 is 0.911 bits per heavy atom. The zero-order valence-electron chi connectivity index (χ0n) is 26.4. The Morgan fingerprint density at radius 3 is 2.27 bits per heavy atom. The lowest BCUT2D eigenvalue weighted by Crippen LogP contribution is -2.32. The van der Waals surface area contributed by atoms with Crippen LogP contribution in [0.15, 0.2) is 91.0 Å². The molecule has 1 aliphatic heterocycles. The van der Waals surface area contributed by atoms with E-state index < -0.39 is 23.5 Å². The number of carbonyl (C=O) groups excluding carboxylic acids is 3. The van der Waals surface area contributed by atoms with Crippen molar-refractivity contribution in [2.45, 2.75) is 46.8 Å². The first-order valence-corrected chi connectivity index (χ1v) is 15.1. The van der Waals surface area contributed by atoms with Gasteiger partial charge >= 0.3 is 17.9 Å². The molecule has 4 aromatic rings. The van der Waals surface area contributed by atoms with Crippen LogP contribution >= 0.6 is 0 Å². The van der Waals surface area contributed by atoms with Crippen LogP contribution in [0.3, 0.4) is 0 Å². The van der Waals surface area contributed by atoms with Gasteiger partial charge in [-0.2, -0.15) is 0 Å². The maximum absolute atomic E-state index is 13.7. The lowest BCUT2D eigenvalue weighted by molar-refractivity contribution is -0.139. The summed E-state index contributed by atoms with van der Waals surface area (Å²) in [5.41, 5.74) is 3.92. The fourth-order valence-corrected chi connectivity index (χ4v) is 6.11. The van der Waals surface area contributed by atoms with Crippen LogP contribution in [0.5, 0.6) is 5.75 Å². The molecule has 0 fully saturated rings. The summed E-state index contributed by atoms with van der Waals surface area (Å²) in [4.78, 5) is 41.0. The Kier molecular flexibility index (Phi) is 8.68. The Morgan fingerprint density at radius 2 is 1.58 bits per heavy atom. The maximum atomic E-state index is 13.7. The summed E-state index contributed by atoms with van der Waals surface area (Å²) in [7, 11) is 0. The highest BCUT2D eigenvalue weighted by Crippen LogP contribution is 2.53. The van der Waals surface area contributed by atoms with Crippen LogP contribution in [0.1, 0.15) is 60.4 Å². The monoisotopic (exact) mass is 606 g/mol. The summed E-state index contributed by atoms with van der Waals surface area (Å²) in [5, 5.41) is 0.843. The van der Waals surface area contributed by atoms with Crippen LogP contribution in [0, 0.1) is 6.92 Å². The van der Waals surface area contributed by atoms with Crippen molar-refractivity contribution in [1.82, 2.24) is 4.57 Å². The van der Waals surface area contributed by atoms with Crippen LogP contribution in [0.2, 0.25) is 0 Å². The van der Waals surface area contributed by atoms with E-state index in [0.29, 0.717) is 28.8 Å². The van der Waals surface area contributed by atoms with Crippen molar-refractivity contribution in [3.8, 4) is 5.75 Å². The van der Waals surface area contributed by atoms with E-state index in [1.165, 1.54) is 0 Å². The number of hydrogen-bond acceptors (Lipinski definition) is 7. The summed E-state index contributed by atoms with van der Waals surface area (Å²) in [6.45, 7) is 18.7. The molecule has 8 heteroatoms. The fraction of sp³-hybridized carbons (Fsp3) is 0.270. The molecule has 3 aromatic carbocycles. The number of benzene rings is 3. The minimum Gasteiger partial charge on any atom is -0.460 e. The minimum atomic E-state index is -1.47. The number of cyclic esters (lactones) is 1. The van der Waals surface area contributed by atoms with Gasteiger partial charge in [0.15, 0.2) is 5.60 Å². The highest BCUT2D eigenvalue weighted by atomic mass is 16.6. The molecule has 0 bridgehead atoms. The Labute approximate surface area is 263 Å². The van der Waals surface area contributed by atoms with E-state index in [1.807, 2.05) is 61.5 Å². The van der Waals surface area contributed by atoms with Crippen molar-refractivity contribution in [2.24, 2.45) is 0 Å². The topological polar surface area (TPSA) is 87.1 Å². The van der Waals surface area contributed by atoms with E-state index in [-0.39, 0.29) is 17.9 Å². The van der Waals surface area contributed by atoms with Gasteiger partial charge in [0.2, 0.25) is 0 Å². The molecule has 1 atom stereocenters. The predicted octanol–water partition coefficient (Wildman–Crippen LogP) is 6.86. The second-order valence-electron chi connectivity index (χ2n) is 11.2. The molecule has 2 heterocycles. The fourth-order valence-electron chi connectivity index (χ4n) is 6.11. The van der Waals surface area contributed by atoms with Crippen LogP contribution in [0.4, 0.5) is 5.69 Å². The number of ether oxygens (including phenoxy) is 3. The van der Waals surface area contributed by atoms with E-state index in [4.69, 9.17) is 14.2 Å². The number of esters is 3. The highest BCUT2D eigenvalue weighted by molar-refractivity contribution is 5.99. The van der Waals surface area contributed by atoms with Crippen molar-refractivity contribution in [3.05, 3.63) is 119 Å². The van der Waals surface area contributed by atoms with Crippen LogP contribution < -0.4 is 9.64 Å². The number of rotatable bonds is 11. The Bertz CT molecular complexity index is 1850. The van der Waals surface area contributed by atoms with Crippen LogP contribution in [-0.4, -0.2) is 42.2 Å². The van der Waals surface area contributed by atoms with Crippen molar-refractivity contribution in [3.63, 3.8) is 0 Å². The molecule has 5 rings (SSSR count). The summed E-state index contributed by atoms with van der Waals surface area (Å²) in [5.74, 6) is -1.26. The normalized spacial score (nSPS) is 15.4. The van der Waals surface area contributed by atoms with Gasteiger partial charge in [-0.1, -0.05) is 49.6 Å². The average molecular weight is 607 g/mol. The van der Waals surface area contributed by atoms with Crippen molar-refractivity contribution in [1.29, 1.82) is 0 Å². The summed E-state index contributed by atoms with van der Waals surface area (Å²) < 4.78 is 20.1. The Balaban J connectivity index is 1.82. The van der Waals surface area contributed by atoms with E-state index >= 15 is 0 Å². The van der Waals surface area contributed by atoms with E-state index in [2.05, 4.69) is 36.5 Å². The lowest BCUT2D eigenvalue weighted by Gasteiger charge is -2.33. The smallest absolute Gasteiger partial charge is 0.340 e. The van der Waals surface area contributed by atoms with E-state index in [9.17, 15) is 14.4 Å². The van der Waals surface area contributed by atoms with Gasteiger partial charge in [0.1, 0.15) is 12.4 Å². The molecule has 8 nitrogen and oxygen atoms in total. The molecule has 0 aliphatic carbocycles. The summed E-state index contributed by atoms with van der Waals surface area (Å²) in [6, 6.07) is 20.8. The molecule has 232 valence electrons. The summed E-state index contributed by atoms with van der Waals surface area (Å²) >= 11 is 0. The first-order chi connectivity index (χ1) is 21.5. The standard InChI is InChI=1S/C37H38N2O6/c1-8-38(9-2)26-18-19-30(32(22-26)44-35(41)24(5)6)37(29-16-12-10-14-27(29)36(42)45-37)33-25(7)39(20-21-43-34(40)23(3)4)31-17-13-11-15-28(31)33/h10-19,22H,3,5,8-9,20-21H2,1-2,4,6-7H3. The van der Waals surface area contributed by atoms with Gasteiger partial charge in [-0.25, -0.2) is 14.4 Å². The zero-order chi connectivity index (χ0) is 32.5. The first kappa shape index (κ1) is 31.3. The third-order valence-corrected chi connectivity index (χ3v) is 8.28. The largest absolute Gasteiger partial charge is 0.460 e. The number of hydrogen-bond donors (Lipinski definition) is 0. The van der Waals surface area contributed by atoms with Crippen LogP contribution in [-0.2, 0) is 31.2 Å². The van der Waals surface area contributed by atoms with Gasteiger partial charge in [0.05, 0.1) is 12.1 Å². The zero-order valence-corrected chi connectivity index (χ0v) is 26.4. The minimum absolute atomic E-state index is 0.119. The van der Waals surface area contributed by atoms with Gasteiger partial charge in [0.25, 0.3) is 0 Å². The number of carbonyl (C=O) groups is 3. The van der Waals surface area contributed by atoms with Crippen molar-refractivity contribution < 1.29 is 28.6 Å². The summed E-state index contributed by atoms with van der Waals surface area (Å²) in [6.07, 6.45) is 0. The van der Waals surface area contributed by atoms with E-state index in [0.717, 1.165) is 40.9 Å². The third-order valence-electron chi connectivity index (χ3n) is 8.28. The number of para-hydroxylation sites is 1. The molecule has 0 radical (unpaired) electrons. The van der Waals surface area contributed by atoms with Crippen molar-refractivity contribution in [2.75, 3.05) is 24.6 Å². The molecular formula is C37H38N2O6. The molecule has 0 N–H and O–H groups in total. The maximum Gasteiger partial charge on any atom is 0.340 e. The lowest BCUT2D eigenvalue weighted by atomic mass is 9.78. The average Bonchev–Trinajstić information content (AvgIpc) is 3.48. The van der Waals surface area contributed by atoms with Gasteiger partial charge in [-0.3, -0.25) is 0 Å². The molecule has 0 saturated carbocycles. The van der Waals surface area contributed by atoms with Crippen molar-refractivity contribution >= 4 is 34.5 Å². The number of nitrogens with zero attached hydrogens (tertiary/aromatic N) is 2. The highest BCUT2D eigenvalue weighted by Gasteiger charge is 2.52. The molecule has 1 aromatic heterocycles. The molecule has 0 saturated heterocycles. The predicted molar refractivity (Wildman–Crippen MR) is 175 cm³/mol. The number of aromatic nitrogens is 1. The van der Waals surface area contributed by atoms with Gasteiger partial charge in [-0.05, 0) is 58.9 Å².